The van der Waals surface area contributed by atoms with Gasteiger partial charge in [0.2, 0.25) is 0 Å². The Bertz CT molecular complexity index is 1570. The smallest absolute Gasteiger partial charge is 0.338 e. The molecule has 1 aliphatic heterocycles. The summed E-state index contributed by atoms with van der Waals surface area (Å²) < 4.78 is 13.0. The van der Waals surface area contributed by atoms with Gasteiger partial charge in [0.25, 0.3) is 11.2 Å². The Labute approximate surface area is 210 Å². The van der Waals surface area contributed by atoms with Crippen molar-refractivity contribution in [3.05, 3.63) is 100 Å². The van der Waals surface area contributed by atoms with Crippen LogP contribution in [0.2, 0.25) is 0 Å². The third-order valence-corrected chi connectivity index (χ3v) is 6.74. The standard InChI is InChI=1S/C26H25N3O6S/c1-5-34-20-10-8-7-9-18(20)23-22(25(31)35-6-2)16(4)27-26-28(23)24(30)21(36-26)14-17-12-11-15(3)19(13-17)29(32)33/h7-14,23H,5-6H2,1-4H3/b21-14-/t23-/m1/s1. The third kappa shape index (κ3) is 4.59. The summed E-state index contributed by atoms with van der Waals surface area (Å²) >= 11 is 1.16. The van der Waals surface area contributed by atoms with Gasteiger partial charge in [-0.25, -0.2) is 9.79 Å². The van der Waals surface area contributed by atoms with Crippen molar-refractivity contribution < 1.29 is 19.2 Å². The second-order valence-corrected chi connectivity index (χ2v) is 9.09. The van der Waals surface area contributed by atoms with E-state index in [0.29, 0.717) is 44.1 Å². The molecule has 0 aliphatic carbocycles. The van der Waals surface area contributed by atoms with Gasteiger partial charge in [0.05, 0.1) is 33.9 Å². The highest BCUT2D eigenvalue weighted by Crippen LogP contribution is 2.35. The van der Waals surface area contributed by atoms with E-state index in [0.717, 1.165) is 11.3 Å². The first kappa shape index (κ1) is 25.1. The van der Waals surface area contributed by atoms with E-state index in [1.54, 1.807) is 45.0 Å². The highest BCUT2D eigenvalue weighted by molar-refractivity contribution is 7.07. The average Bonchev–Trinajstić information content (AvgIpc) is 3.14. The number of ether oxygens (including phenoxy) is 2. The number of nitrogens with zero attached hydrogens (tertiary/aromatic N) is 3. The molecule has 9 nitrogen and oxygen atoms in total. The summed E-state index contributed by atoms with van der Waals surface area (Å²) in [5, 5.41) is 11.4. The summed E-state index contributed by atoms with van der Waals surface area (Å²) in [5.74, 6) is -0.0104. The normalized spacial score (nSPS) is 15.3. The number of thiazole rings is 1. The molecule has 0 N–H and O–H groups in total. The lowest BCUT2D eigenvalue weighted by molar-refractivity contribution is -0.385. The van der Waals surface area contributed by atoms with Crippen molar-refractivity contribution >= 4 is 29.1 Å². The van der Waals surface area contributed by atoms with Gasteiger partial charge in [0, 0.05) is 17.2 Å². The van der Waals surface area contributed by atoms with Gasteiger partial charge in [-0.2, -0.15) is 0 Å². The summed E-state index contributed by atoms with van der Waals surface area (Å²) in [7, 11) is 0. The van der Waals surface area contributed by atoms with E-state index in [9.17, 15) is 19.7 Å². The molecule has 2 aromatic carbocycles. The predicted octanol–water partition coefficient (Wildman–Crippen LogP) is 3.41. The van der Waals surface area contributed by atoms with Crippen LogP contribution in [0.5, 0.6) is 5.75 Å². The van der Waals surface area contributed by atoms with Gasteiger partial charge in [-0.3, -0.25) is 19.5 Å². The van der Waals surface area contributed by atoms with Crippen LogP contribution in [-0.4, -0.2) is 28.7 Å². The molecule has 0 unspecified atom stereocenters. The van der Waals surface area contributed by atoms with Crippen molar-refractivity contribution in [2.24, 2.45) is 4.99 Å². The van der Waals surface area contributed by atoms with Gasteiger partial charge in [-0.05, 0) is 45.4 Å². The van der Waals surface area contributed by atoms with E-state index in [2.05, 4.69) is 4.99 Å². The van der Waals surface area contributed by atoms with E-state index >= 15 is 0 Å². The maximum Gasteiger partial charge on any atom is 0.338 e. The van der Waals surface area contributed by atoms with Crippen LogP contribution in [0.15, 0.2) is 63.5 Å². The van der Waals surface area contributed by atoms with E-state index in [1.807, 2.05) is 25.1 Å². The number of hydrogen-bond donors (Lipinski definition) is 0. The minimum absolute atomic E-state index is 0.0273. The van der Waals surface area contributed by atoms with Crippen LogP contribution in [0, 0.1) is 17.0 Å². The SMILES string of the molecule is CCOC(=O)C1=C(C)N=c2s/c(=C\c3ccc(C)c([N+](=O)[O-])c3)c(=O)n2[C@@H]1c1ccccc1OCC. The fraction of sp³-hybridized carbons (Fsp3) is 0.269. The van der Waals surface area contributed by atoms with Crippen LogP contribution < -0.4 is 19.6 Å². The lowest BCUT2D eigenvalue weighted by Gasteiger charge is -2.26. The lowest BCUT2D eigenvalue weighted by Crippen LogP contribution is -2.40. The molecule has 10 heteroatoms. The van der Waals surface area contributed by atoms with Gasteiger partial charge in [0.15, 0.2) is 4.80 Å². The molecule has 0 radical (unpaired) electrons. The number of rotatable bonds is 7. The van der Waals surface area contributed by atoms with E-state index < -0.39 is 16.9 Å². The fourth-order valence-electron chi connectivity index (χ4n) is 4.14. The third-order valence-electron chi connectivity index (χ3n) is 5.76. The van der Waals surface area contributed by atoms with Crippen LogP contribution in [0.4, 0.5) is 5.69 Å². The first-order valence-corrected chi connectivity index (χ1v) is 12.2. The van der Waals surface area contributed by atoms with Gasteiger partial charge in [-0.15, -0.1) is 0 Å². The number of nitro groups is 1. The molecule has 0 bridgehead atoms. The Kier molecular flexibility index (Phi) is 7.16. The molecule has 1 aromatic heterocycles. The molecule has 186 valence electrons. The number of para-hydroxylation sites is 1. The maximum atomic E-state index is 13.7. The molecule has 4 rings (SSSR count). The Hall–Kier alpha value is -4.05. The molecule has 2 heterocycles. The summed E-state index contributed by atoms with van der Waals surface area (Å²) in [5.41, 5.74) is 1.99. The quantitative estimate of drug-likeness (QED) is 0.275. The zero-order valence-corrected chi connectivity index (χ0v) is 21.1. The number of esters is 1. The molecule has 1 atom stereocenters. The van der Waals surface area contributed by atoms with Crippen molar-refractivity contribution in [2.45, 2.75) is 33.7 Å². The monoisotopic (exact) mass is 507 g/mol. The minimum atomic E-state index is -0.808. The number of carbonyl (C=O) groups is 1. The van der Waals surface area contributed by atoms with Gasteiger partial charge >= 0.3 is 5.97 Å². The zero-order valence-electron chi connectivity index (χ0n) is 20.3. The largest absolute Gasteiger partial charge is 0.494 e. The van der Waals surface area contributed by atoms with Crippen molar-refractivity contribution in [2.75, 3.05) is 13.2 Å². The van der Waals surface area contributed by atoms with E-state index in [4.69, 9.17) is 9.47 Å². The number of allylic oxidation sites excluding steroid dienone is 1. The molecular weight excluding hydrogens is 482 g/mol. The molecule has 0 fully saturated rings. The number of carbonyl (C=O) groups excluding carboxylic acids is 1. The molecule has 0 amide bonds. The number of hydrogen-bond acceptors (Lipinski definition) is 8. The molecule has 3 aromatic rings. The molecule has 0 spiro atoms. The van der Waals surface area contributed by atoms with Crippen molar-refractivity contribution in [3.8, 4) is 5.75 Å². The van der Waals surface area contributed by atoms with Gasteiger partial charge in [0.1, 0.15) is 11.8 Å². The number of benzene rings is 2. The molecule has 0 saturated carbocycles. The highest BCUT2D eigenvalue weighted by atomic mass is 32.1. The second kappa shape index (κ2) is 10.3. The summed E-state index contributed by atoms with van der Waals surface area (Å²) in [4.78, 5) is 42.7. The van der Waals surface area contributed by atoms with Gasteiger partial charge < -0.3 is 9.47 Å². The van der Waals surface area contributed by atoms with Crippen LogP contribution in [0.25, 0.3) is 6.08 Å². The predicted molar refractivity (Wildman–Crippen MR) is 136 cm³/mol. The number of fused-ring (bicyclic) bond motifs is 1. The Morgan fingerprint density at radius 1 is 1.19 bits per heavy atom. The Balaban J connectivity index is 1.97. The van der Waals surface area contributed by atoms with Gasteiger partial charge in [-0.1, -0.05) is 41.7 Å². The second-order valence-electron chi connectivity index (χ2n) is 8.08. The zero-order chi connectivity index (χ0) is 26.0. The summed E-state index contributed by atoms with van der Waals surface area (Å²) in [6.45, 7) is 7.52. The van der Waals surface area contributed by atoms with Crippen molar-refractivity contribution in [1.82, 2.24) is 4.57 Å². The number of nitro benzene ring substituents is 1. The first-order valence-electron chi connectivity index (χ1n) is 11.4. The van der Waals surface area contributed by atoms with Crippen LogP contribution in [0.3, 0.4) is 0 Å². The lowest BCUT2D eigenvalue weighted by atomic mass is 9.95. The summed E-state index contributed by atoms with van der Waals surface area (Å²) in [6.07, 6.45) is 1.60. The summed E-state index contributed by atoms with van der Waals surface area (Å²) in [6, 6.07) is 11.2. The topological polar surface area (TPSA) is 113 Å². The minimum Gasteiger partial charge on any atom is -0.494 e. The molecular formula is C26H25N3O6S. The molecule has 36 heavy (non-hydrogen) atoms. The number of aryl methyl sites for hydroxylation is 1. The Morgan fingerprint density at radius 3 is 2.64 bits per heavy atom. The molecule has 1 aliphatic rings. The maximum absolute atomic E-state index is 13.7. The van der Waals surface area contributed by atoms with Crippen LogP contribution >= 0.6 is 11.3 Å². The first-order chi connectivity index (χ1) is 17.3. The van der Waals surface area contributed by atoms with Crippen LogP contribution in [-0.2, 0) is 9.53 Å². The van der Waals surface area contributed by atoms with E-state index in [-0.39, 0.29) is 23.4 Å². The highest BCUT2D eigenvalue weighted by Gasteiger charge is 2.35. The molecule has 0 saturated heterocycles. The number of aromatic nitrogens is 1. The Morgan fingerprint density at radius 2 is 1.94 bits per heavy atom. The van der Waals surface area contributed by atoms with Crippen LogP contribution in [0.1, 0.15) is 43.5 Å². The average molecular weight is 508 g/mol. The van der Waals surface area contributed by atoms with Crippen molar-refractivity contribution in [1.29, 1.82) is 0 Å². The van der Waals surface area contributed by atoms with E-state index in [1.165, 1.54) is 10.6 Å². The fourth-order valence-corrected chi connectivity index (χ4v) is 5.19. The van der Waals surface area contributed by atoms with Crippen molar-refractivity contribution in [3.63, 3.8) is 0 Å².